The van der Waals surface area contributed by atoms with E-state index in [9.17, 15) is 4.79 Å². The molecule has 6 nitrogen and oxygen atoms in total. The average molecular weight is 316 g/mol. The minimum absolute atomic E-state index is 0.298. The molecule has 1 heterocycles. The molecule has 6 heteroatoms. The van der Waals surface area contributed by atoms with Gasteiger partial charge < -0.3 is 15.8 Å². The van der Waals surface area contributed by atoms with Crippen molar-refractivity contribution in [3.8, 4) is 0 Å². The quantitative estimate of drug-likeness (QED) is 0.887. The van der Waals surface area contributed by atoms with Gasteiger partial charge in [-0.3, -0.25) is 4.68 Å². The Kier molecular flexibility index (Phi) is 5.39. The molecule has 0 radical (unpaired) electrons. The number of hydrogen-bond donors (Lipinski definition) is 2. The summed E-state index contributed by atoms with van der Waals surface area (Å²) in [5.41, 5.74) is 7.61. The summed E-state index contributed by atoms with van der Waals surface area (Å²) in [6, 6.07) is 9.74. The van der Waals surface area contributed by atoms with Crippen molar-refractivity contribution in [3.05, 3.63) is 53.9 Å². The van der Waals surface area contributed by atoms with E-state index in [4.69, 9.17) is 10.5 Å². The first kappa shape index (κ1) is 17.0. The third kappa shape index (κ3) is 5.75. The lowest BCUT2D eigenvalue weighted by Crippen LogP contribution is -2.36. The third-order valence-corrected chi connectivity index (χ3v) is 3.13. The Hall–Kier alpha value is -2.34. The standard InChI is InChI=1S/C17H24N4O2/c1-17(2,3)23-16(22)19-10-15(18)14-9-20-21(12-14)11-13-7-5-4-6-8-13/h4-9,12,15H,10-11,18H2,1-3H3,(H,19,22). The van der Waals surface area contributed by atoms with E-state index < -0.39 is 11.7 Å². The maximum Gasteiger partial charge on any atom is 0.407 e. The Morgan fingerprint density at radius 3 is 2.70 bits per heavy atom. The van der Waals surface area contributed by atoms with Gasteiger partial charge >= 0.3 is 6.09 Å². The number of hydrogen-bond acceptors (Lipinski definition) is 4. The molecule has 0 aliphatic rings. The highest BCUT2D eigenvalue weighted by atomic mass is 16.6. The molecule has 1 unspecified atom stereocenters. The van der Waals surface area contributed by atoms with Crippen molar-refractivity contribution in [2.24, 2.45) is 5.73 Å². The summed E-state index contributed by atoms with van der Waals surface area (Å²) in [6.07, 6.45) is 3.16. The number of aromatic nitrogens is 2. The van der Waals surface area contributed by atoms with Crippen LogP contribution in [0.1, 0.15) is 37.9 Å². The monoisotopic (exact) mass is 316 g/mol. The smallest absolute Gasteiger partial charge is 0.407 e. The van der Waals surface area contributed by atoms with Gasteiger partial charge in [-0.2, -0.15) is 5.10 Å². The van der Waals surface area contributed by atoms with Gasteiger partial charge in [-0.15, -0.1) is 0 Å². The molecule has 23 heavy (non-hydrogen) atoms. The number of nitrogens with two attached hydrogens (primary N) is 1. The summed E-state index contributed by atoms with van der Waals surface area (Å²) in [7, 11) is 0. The van der Waals surface area contributed by atoms with Crippen LogP contribution < -0.4 is 11.1 Å². The van der Waals surface area contributed by atoms with E-state index in [1.807, 2.05) is 62.0 Å². The van der Waals surface area contributed by atoms with Crippen molar-refractivity contribution in [1.29, 1.82) is 0 Å². The third-order valence-electron chi connectivity index (χ3n) is 3.13. The predicted octanol–water partition coefficient (Wildman–Crippen LogP) is 2.46. The van der Waals surface area contributed by atoms with E-state index in [0.717, 1.165) is 5.56 Å². The zero-order valence-corrected chi connectivity index (χ0v) is 13.8. The van der Waals surface area contributed by atoms with Crippen molar-refractivity contribution >= 4 is 6.09 Å². The van der Waals surface area contributed by atoms with Gasteiger partial charge in [0, 0.05) is 18.3 Å². The van der Waals surface area contributed by atoms with E-state index in [-0.39, 0.29) is 6.04 Å². The lowest BCUT2D eigenvalue weighted by Gasteiger charge is -2.20. The highest BCUT2D eigenvalue weighted by Gasteiger charge is 2.17. The second kappa shape index (κ2) is 7.28. The second-order valence-corrected chi connectivity index (χ2v) is 6.45. The molecule has 0 bridgehead atoms. The summed E-state index contributed by atoms with van der Waals surface area (Å²) in [5, 5.41) is 6.98. The molecule has 3 N–H and O–H groups in total. The minimum Gasteiger partial charge on any atom is -0.444 e. The molecule has 2 aromatic rings. The summed E-state index contributed by atoms with van der Waals surface area (Å²) < 4.78 is 7.01. The van der Waals surface area contributed by atoms with E-state index in [2.05, 4.69) is 10.4 Å². The van der Waals surface area contributed by atoms with Gasteiger partial charge in [0.25, 0.3) is 0 Å². The van der Waals surface area contributed by atoms with Crippen LogP contribution in [0.3, 0.4) is 0 Å². The van der Waals surface area contributed by atoms with Crippen LogP contribution in [0.4, 0.5) is 4.79 Å². The number of alkyl carbamates (subject to hydrolysis) is 1. The summed E-state index contributed by atoms with van der Waals surface area (Å²) >= 11 is 0. The number of carbonyl (C=O) groups excluding carboxylic acids is 1. The molecule has 0 aliphatic carbocycles. The lowest BCUT2D eigenvalue weighted by molar-refractivity contribution is 0.0524. The average Bonchev–Trinajstić information content (AvgIpc) is 2.92. The maximum absolute atomic E-state index is 11.6. The first-order valence-corrected chi connectivity index (χ1v) is 7.62. The van der Waals surface area contributed by atoms with Gasteiger partial charge in [-0.05, 0) is 26.3 Å². The fourth-order valence-corrected chi connectivity index (χ4v) is 2.05. The number of benzene rings is 1. The van der Waals surface area contributed by atoms with Gasteiger partial charge in [-0.25, -0.2) is 4.79 Å². The van der Waals surface area contributed by atoms with Crippen molar-refractivity contribution in [2.75, 3.05) is 6.54 Å². The van der Waals surface area contributed by atoms with E-state index >= 15 is 0 Å². The Bertz CT molecular complexity index is 632. The van der Waals surface area contributed by atoms with Gasteiger partial charge in [0.2, 0.25) is 0 Å². The molecule has 0 saturated carbocycles. The molecular weight excluding hydrogens is 292 g/mol. The molecule has 0 aliphatic heterocycles. The van der Waals surface area contributed by atoms with Crippen LogP contribution >= 0.6 is 0 Å². The van der Waals surface area contributed by atoms with Gasteiger partial charge in [-0.1, -0.05) is 30.3 Å². The highest BCUT2D eigenvalue weighted by molar-refractivity contribution is 5.67. The van der Waals surface area contributed by atoms with Crippen LogP contribution in [0.5, 0.6) is 0 Å². The molecule has 0 spiro atoms. The molecule has 1 amide bonds. The zero-order chi connectivity index (χ0) is 16.9. The number of carbonyl (C=O) groups is 1. The van der Waals surface area contributed by atoms with Crippen LogP contribution in [0, 0.1) is 0 Å². The van der Waals surface area contributed by atoms with Crippen LogP contribution in [0.25, 0.3) is 0 Å². The summed E-state index contributed by atoms with van der Waals surface area (Å²) in [5.74, 6) is 0. The Labute approximate surface area is 136 Å². The molecule has 124 valence electrons. The molecule has 1 aromatic carbocycles. The Morgan fingerprint density at radius 2 is 2.04 bits per heavy atom. The number of rotatable bonds is 5. The first-order valence-electron chi connectivity index (χ1n) is 7.62. The summed E-state index contributed by atoms with van der Waals surface area (Å²) in [6.45, 7) is 6.44. The van der Waals surface area contributed by atoms with Crippen LogP contribution in [-0.2, 0) is 11.3 Å². The topological polar surface area (TPSA) is 82.2 Å². The molecule has 0 saturated heterocycles. The van der Waals surface area contributed by atoms with Crippen LogP contribution in [-0.4, -0.2) is 28.0 Å². The van der Waals surface area contributed by atoms with Crippen LogP contribution in [0.15, 0.2) is 42.7 Å². The zero-order valence-electron chi connectivity index (χ0n) is 13.8. The fraction of sp³-hybridized carbons (Fsp3) is 0.412. The van der Waals surface area contributed by atoms with E-state index in [0.29, 0.717) is 13.1 Å². The largest absolute Gasteiger partial charge is 0.444 e. The Balaban J connectivity index is 1.86. The molecular formula is C17H24N4O2. The molecule has 0 fully saturated rings. The van der Waals surface area contributed by atoms with Crippen molar-refractivity contribution < 1.29 is 9.53 Å². The minimum atomic E-state index is -0.519. The molecule has 1 aromatic heterocycles. The van der Waals surface area contributed by atoms with Crippen LogP contribution in [0.2, 0.25) is 0 Å². The number of nitrogens with one attached hydrogen (secondary N) is 1. The number of amides is 1. The fourth-order valence-electron chi connectivity index (χ4n) is 2.05. The maximum atomic E-state index is 11.6. The predicted molar refractivity (Wildman–Crippen MR) is 88.9 cm³/mol. The molecule has 2 rings (SSSR count). The highest BCUT2D eigenvalue weighted by Crippen LogP contribution is 2.11. The normalized spacial score (nSPS) is 12.7. The summed E-state index contributed by atoms with van der Waals surface area (Å²) in [4.78, 5) is 11.6. The Morgan fingerprint density at radius 1 is 1.35 bits per heavy atom. The van der Waals surface area contributed by atoms with E-state index in [1.54, 1.807) is 6.20 Å². The second-order valence-electron chi connectivity index (χ2n) is 6.45. The van der Waals surface area contributed by atoms with Crippen molar-refractivity contribution in [1.82, 2.24) is 15.1 Å². The number of ether oxygens (including phenoxy) is 1. The molecule has 1 atom stereocenters. The van der Waals surface area contributed by atoms with Gasteiger partial charge in [0.1, 0.15) is 5.60 Å². The van der Waals surface area contributed by atoms with Gasteiger partial charge in [0.05, 0.1) is 18.8 Å². The first-order chi connectivity index (χ1) is 10.8. The number of nitrogens with zero attached hydrogens (tertiary/aromatic N) is 2. The van der Waals surface area contributed by atoms with E-state index in [1.165, 1.54) is 5.56 Å². The lowest BCUT2D eigenvalue weighted by atomic mass is 10.2. The van der Waals surface area contributed by atoms with Crippen molar-refractivity contribution in [2.45, 2.75) is 39.0 Å². The SMILES string of the molecule is CC(C)(C)OC(=O)NCC(N)c1cnn(Cc2ccccc2)c1. The van der Waals surface area contributed by atoms with Crippen molar-refractivity contribution in [3.63, 3.8) is 0 Å². The van der Waals surface area contributed by atoms with Gasteiger partial charge in [0.15, 0.2) is 0 Å².